The number of carbonyl (C=O) groups excluding carboxylic acids is 2. The van der Waals surface area contributed by atoms with Crippen molar-refractivity contribution in [2.75, 3.05) is 40.3 Å². The Bertz CT molecular complexity index is 906. The van der Waals surface area contributed by atoms with Gasteiger partial charge in [-0.3, -0.25) is 14.6 Å². The minimum absolute atomic E-state index is 0.0661. The Balaban J connectivity index is 1.43. The third-order valence-electron chi connectivity index (χ3n) is 6.70. The first-order valence-corrected chi connectivity index (χ1v) is 12.0. The Kier molecular flexibility index (Phi) is 8.62. The molecule has 0 bridgehead atoms. The third-order valence-corrected chi connectivity index (χ3v) is 6.70. The fourth-order valence-corrected chi connectivity index (χ4v) is 4.74. The zero-order chi connectivity index (χ0) is 23.1. The molecule has 1 fully saturated rings. The average Bonchev–Trinajstić information content (AvgIpc) is 2.81. The molecule has 1 aliphatic heterocycles. The van der Waals surface area contributed by atoms with E-state index in [0.29, 0.717) is 25.6 Å². The zero-order valence-corrected chi connectivity index (χ0v) is 20.1. The van der Waals surface area contributed by atoms with Crippen LogP contribution in [0.3, 0.4) is 0 Å². The second-order valence-electron chi connectivity index (χ2n) is 9.20. The molecule has 1 aromatic carbocycles. The first-order chi connectivity index (χ1) is 15.4. The van der Waals surface area contributed by atoms with Crippen LogP contribution in [-0.2, 0) is 16.0 Å². The van der Waals surface area contributed by atoms with Gasteiger partial charge >= 0.3 is 0 Å². The molecule has 1 saturated heterocycles. The summed E-state index contributed by atoms with van der Waals surface area (Å²) in [5, 5.41) is 1.18. The van der Waals surface area contributed by atoms with Gasteiger partial charge in [-0.15, -0.1) is 0 Å². The molecule has 1 aromatic heterocycles. The van der Waals surface area contributed by atoms with Gasteiger partial charge in [0.15, 0.2) is 0 Å². The second kappa shape index (κ2) is 11.4. The highest BCUT2D eigenvalue weighted by Crippen LogP contribution is 2.20. The lowest BCUT2D eigenvalue weighted by Crippen LogP contribution is -2.43. The average molecular weight is 439 g/mol. The fourth-order valence-electron chi connectivity index (χ4n) is 4.74. The summed E-state index contributed by atoms with van der Waals surface area (Å²) in [6.45, 7) is 7.76. The van der Waals surface area contributed by atoms with Crippen molar-refractivity contribution in [2.45, 2.75) is 52.0 Å². The van der Waals surface area contributed by atoms with Crippen molar-refractivity contribution in [3.05, 3.63) is 42.1 Å². The molecule has 2 heterocycles. The normalized spacial score (nSPS) is 15.8. The number of likely N-dealkylation sites (tertiary alicyclic amines) is 1. The number of hydrogen-bond donors (Lipinski definition) is 0. The topological polar surface area (TPSA) is 56.8 Å². The van der Waals surface area contributed by atoms with E-state index in [1.54, 1.807) is 19.0 Å². The largest absolute Gasteiger partial charge is 0.349 e. The molecule has 6 heteroatoms. The van der Waals surface area contributed by atoms with Crippen LogP contribution in [-0.4, -0.2) is 77.8 Å². The van der Waals surface area contributed by atoms with Crippen LogP contribution >= 0.6 is 0 Å². The molecular formula is C26H38N4O2. The highest BCUT2D eigenvalue weighted by Gasteiger charge is 2.28. The molecule has 0 radical (unpaired) electrons. The number of amides is 2. The minimum Gasteiger partial charge on any atom is -0.349 e. The maximum Gasteiger partial charge on any atom is 0.225 e. The van der Waals surface area contributed by atoms with Gasteiger partial charge in [-0.1, -0.05) is 19.1 Å². The molecule has 0 spiro atoms. The smallest absolute Gasteiger partial charge is 0.225 e. The number of rotatable bonds is 9. The Labute approximate surface area is 192 Å². The van der Waals surface area contributed by atoms with E-state index in [4.69, 9.17) is 0 Å². The summed E-state index contributed by atoms with van der Waals surface area (Å²) >= 11 is 0. The van der Waals surface area contributed by atoms with Crippen molar-refractivity contribution in [1.82, 2.24) is 19.7 Å². The highest BCUT2D eigenvalue weighted by atomic mass is 16.2. The van der Waals surface area contributed by atoms with Gasteiger partial charge in [0, 0.05) is 57.1 Å². The molecule has 6 nitrogen and oxygen atoms in total. The number of fused-ring (bicyclic) bond motifs is 1. The summed E-state index contributed by atoms with van der Waals surface area (Å²) in [6, 6.07) is 11.0. The van der Waals surface area contributed by atoms with E-state index in [0.717, 1.165) is 44.3 Å². The van der Waals surface area contributed by atoms with Gasteiger partial charge in [0.1, 0.15) is 0 Å². The Morgan fingerprint density at radius 3 is 2.62 bits per heavy atom. The van der Waals surface area contributed by atoms with Crippen molar-refractivity contribution in [3.63, 3.8) is 0 Å². The molecule has 0 saturated carbocycles. The highest BCUT2D eigenvalue weighted by molar-refractivity contribution is 5.80. The van der Waals surface area contributed by atoms with Crippen LogP contribution in [0.4, 0.5) is 0 Å². The van der Waals surface area contributed by atoms with Crippen molar-refractivity contribution < 1.29 is 9.59 Å². The summed E-state index contributed by atoms with van der Waals surface area (Å²) < 4.78 is 0. The van der Waals surface area contributed by atoms with Crippen LogP contribution < -0.4 is 0 Å². The number of aromatic nitrogens is 1. The molecule has 174 valence electrons. The van der Waals surface area contributed by atoms with Crippen molar-refractivity contribution in [2.24, 2.45) is 5.92 Å². The minimum atomic E-state index is 0.0661. The Morgan fingerprint density at radius 1 is 1.19 bits per heavy atom. The summed E-state index contributed by atoms with van der Waals surface area (Å²) in [4.78, 5) is 35.3. The number of likely N-dealkylation sites (N-methyl/N-ethyl adjacent to an activating group) is 1. The summed E-state index contributed by atoms with van der Waals surface area (Å²) in [6.07, 6.45) is 5.83. The van der Waals surface area contributed by atoms with Crippen LogP contribution in [0.2, 0.25) is 0 Å². The van der Waals surface area contributed by atoms with E-state index in [1.165, 1.54) is 10.9 Å². The number of carbonyl (C=O) groups is 2. The molecular weight excluding hydrogens is 400 g/mol. The molecule has 2 amide bonds. The van der Waals surface area contributed by atoms with E-state index in [2.05, 4.69) is 48.0 Å². The quantitative estimate of drug-likeness (QED) is 0.600. The van der Waals surface area contributed by atoms with Crippen LogP contribution in [0.15, 0.2) is 36.5 Å². The van der Waals surface area contributed by atoms with Crippen LogP contribution in [0.25, 0.3) is 10.9 Å². The van der Waals surface area contributed by atoms with E-state index in [1.807, 2.05) is 17.2 Å². The Morgan fingerprint density at radius 2 is 1.94 bits per heavy atom. The maximum absolute atomic E-state index is 12.7. The molecule has 0 N–H and O–H groups in total. The van der Waals surface area contributed by atoms with E-state index >= 15 is 0 Å². The molecule has 32 heavy (non-hydrogen) atoms. The first kappa shape index (κ1) is 24.2. The molecule has 2 aromatic rings. The molecule has 1 atom stereocenters. The van der Waals surface area contributed by atoms with Crippen molar-refractivity contribution in [1.29, 1.82) is 0 Å². The van der Waals surface area contributed by atoms with Gasteiger partial charge in [0.2, 0.25) is 11.8 Å². The predicted molar refractivity (Wildman–Crippen MR) is 129 cm³/mol. The first-order valence-electron chi connectivity index (χ1n) is 12.0. The van der Waals surface area contributed by atoms with Crippen LogP contribution in [0.1, 0.15) is 45.1 Å². The third kappa shape index (κ3) is 6.28. The van der Waals surface area contributed by atoms with Crippen molar-refractivity contribution >= 4 is 22.7 Å². The fraction of sp³-hybridized carbons (Fsp3) is 0.577. The lowest BCUT2D eigenvalue weighted by molar-refractivity contribution is -0.139. The summed E-state index contributed by atoms with van der Waals surface area (Å²) in [7, 11) is 3.61. The number of benzene rings is 1. The zero-order valence-electron chi connectivity index (χ0n) is 20.1. The number of pyridine rings is 1. The van der Waals surface area contributed by atoms with Gasteiger partial charge in [0.05, 0.1) is 5.52 Å². The summed E-state index contributed by atoms with van der Waals surface area (Å²) in [5.74, 6) is 0.482. The van der Waals surface area contributed by atoms with Crippen LogP contribution in [0, 0.1) is 5.92 Å². The molecule has 1 unspecified atom stereocenters. The number of hydrogen-bond acceptors (Lipinski definition) is 4. The molecule has 1 aliphatic rings. The van der Waals surface area contributed by atoms with Gasteiger partial charge in [-0.05, 0) is 69.5 Å². The number of piperidine rings is 1. The Hall–Kier alpha value is -2.47. The predicted octanol–water partition coefficient (Wildman–Crippen LogP) is 3.59. The maximum atomic E-state index is 12.7. The van der Waals surface area contributed by atoms with E-state index < -0.39 is 0 Å². The van der Waals surface area contributed by atoms with Crippen molar-refractivity contribution in [3.8, 4) is 0 Å². The van der Waals surface area contributed by atoms with Gasteiger partial charge in [-0.25, -0.2) is 0 Å². The van der Waals surface area contributed by atoms with E-state index in [-0.39, 0.29) is 17.7 Å². The molecule has 0 aliphatic carbocycles. The lowest BCUT2D eigenvalue weighted by atomic mass is 9.95. The summed E-state index contributed by atoms with van der Waals surface area (Å²) in [5.41, 5.74) is 2.35. The van der Waals surface area contributed by atoms with Gasteiger partial charge in [-0.2, -0.15) is 0 Å². The van der Waals surface area contributed by atoms with E-state index in [9.17, 15) is 9.59 Å². The second-order valence-corrected chi connectivity index (χ2v) is 9.20. The lowest BCUT2D eigenvalue weighted by Gasteiger charge is -2.33. The molecule has 3 rings (SSSR count). The van der Waals surface area contributed by atoms with Gasteiger partial charge in [0.25, 0.3) is 0 Å². The van der Waals surface area contributed by atoms with Gasteiger partial charge < -0.3 is 14.7 Å². The number of nitrogens with zero attached hydrogens (tertiary/aromatic N) is 4. The van der Waals surface area contributed by atoms with Crippen LogP contribution in [0.5, 0.6) is 0 Å². The standard InChI is InChI=1S/C26H38N4O2/c1-5-29(20(2)18-21-10-11-24-23(19-21)8-6-14-27-24)15-7-9-25(31)30-16-12-22(13-17-30)26(32)28(3)4/h6,8,10-11,14,19-20,22H,5,7,9,12-13,15-18H2,1-4H3. The SMILES string of the molecule is CCN(CCCC(=O)N1CCC(C(=O)N(C)C)CC1)C(C)Cc1ccc2ncccc2c1. The monoisotopic (exact) mass is 438 g/mol.